The molecule has 0 atom stereocenters. The molecule has 0 saturated carbocycles. The Labute approximate surface area is 146 Å². The highest BCUT2D eigenvalue weighted by Crippen LogP contribution is 2.20. The number of amides is 1. The maximum Gasteiger partial charge on any atom is 0.239 e. The van der Waals surface area contributed by atoms with E-state index in [9.17, 15) is 10.1 Å². The number of nitrogens with zero attached hydrogens (tertiary/aromatic N) is 4. The van der Waals surface area contributed by atoms with Gasteiger partial charge in [0.2, 0.25) is 5.91 Å². The van der Waals surface area contributed by atoms with Crippen LogP contribution in [0.3, 0.4) is 0 Å². The van der Waals surface area contributed by atoms with Gasteiger partial charge in [0.1, 0.15) is 11.6 Å². The van der Waals surface area contributed by atoms with E-state index in [0.717, 1.165) is 5.69 Å². The molecule has 25 heavy (non-hydrogen) atoms. The molecule has 0 aliphatic carbocycles. The van der Waals surface area contributed by atoms with E-state index in [-0.39, 0.29) is 18.1 Å². The Hall–Kier alpha value is -2.69. The molecule has 0 spiro atoms. The number of ether oxygens (including phenoxy) is 1. The molecule has 2 aromatic rings. The topological polar surface area (TPSA) is 83.2 Å². The summed E-state index contributed by atoms with van der Waals surface area (Å²) in [5.74, 6) is 0.220. The molecule has 2 heterocycles. The van der Waals surface area contributed by atoms with Gasteiger partial charge in [-0.1, -0.05) is 18.2 Å². The molecule has 130 valence electrons. The molecule has 3 rings (SSSR count). The van der Waals surface area contributed by atoms with Gasteiger partial charge < -0.3 is 10.1 Å². The first-order valence-corrected chi connectivity index (χ1v) is 8.18. The molecule has 0 bridgehead atoms. The zero-order valence-electron chi connectivity index (χ0n) is 14.4. The van der Waals surface area contributed by atoms with Crippen LogP contribution in [0, 0.1) is 11.3 Å². The Bertz CT molecular complexity index is 792. The number of benzene rings is 1. The highest BCUT2D eigenvalue weighted by Gasteiger charge is 2.28. The first-order chi connectivity index (χ1) is 12.0. The van der Waals surface area contributed by atoms with Crippen LogP contribution in [0.2, 0.25) is 0 Å². The number of hydrogen-bond donors (Lipinski definition) is 1. The van der Waals surface area contributed by atoms with Gasteiger partial charge in [-0.15, -0.1) is 0 Å². The summed E-state index contributed by atoms with van der Waals surface area (Å²) < 4.78 is 7.24. The molecular weight excluding hydrogens is 318 g/mol. The van der Waals surface area contributed by atoms with E-state index in [4.69, 9.17) is 4.74 Å². The van der Waals surface area contributed by atoms with E-state index in [0.29, 0.717) is 31.1 Å². The predicted molar refractivity (Wildman–Crippen MR) is 93.4 cm³/mol. The molecule has 1 N–H and O–H groups in total. The number of aromatic nitrogens is 2. The summed E-state index contributed by atoms with van der Waals surface area (Å²) in [4.78, 5) is 14.5. The normalized spacial score (nSPS) is 17.0. The average molecular weight is 339 g/mol. The number of nitriles is 1. The van der Waals surface area contributed by atoms with Crippen molar-refractivity contribution >= 4 is 11.7 Å². The Balaban J connectivity index is 1.75. The quantitative estimate of drug-likeness (QED) is 0.918. The number of morpholine rings is 1. The van der Waals surface area contributed by atoms with Crippen LogP contribution in [0.25, 0.3) is 5.69 Å². The maximum atomic E-state index is 12.5. The third-order valence-electron chi connectivity index (χ3n) is 4.02. The van der Waals surface area contributed by atoms with Gasteiger partial charge in [-0.2, -0.15) is 10.4 Å². The van der Waals surface area contributed by atoms with E-state index in [1.165, 1.54) is 6.20 Å². The van der Waals surface area contributed by atoms with E-state index >= 15 is 0 Å². The third kappa shape index (κ3) is 4.05. The number of carbonyl (C=O) groups excluding carboxylic acids is 1. The molecule has 1 aliphatic rings. The third-order valence-corrected chi connectivity index (χ3v) is 4.02. The van der Waals surface area contributed by atoms with Gasteiger partial charge in [0.05, 0.1) is 30.6 Å². The van der Waals surface area contributed by atoms with Gasteiger partial charge in [-0.3, -0.25) is 9.69 Å². The fourth-order valence-corrected chi connectivity index (χ4v) is 2.94. The Kier molecular flexibility index (Phi) is 4.83. The number of hydrogen-bond acceptors (Lipinski definition) is 5. The molecular formula is C18H21N5O2. The minimum atomic E-state index is -0.262. The number of rotatable bonds is 4. The molecule has 7 nitrogen and oxygen atoms in total. The minimum absolute atomic E-state index is 0.174. The van der Waals surface area contributed by atoms with E-state index in [1.54, 1.807) is 4.68 Å². The minimum Gasteiger partial charge on any atom is -0.373 e. The highest BCUT2D eigenvalue weighted by molar-refractivity contribution is 5.93. The molecule has 1 aromatic carbocycles. The lowest BCUT2D eigenvalue weighted by Crippen LogP contribution is -2.50. The van der Waals surface area contributed by atoms with Crippen LogP contribution >= 0.6 is 0 Å². The van der Waals surface area contributed by atoms with Crippen molar-refractivity contribution in [2.75, 3.05) is 31.6 Å². The molecule has 1 aliphatic heterocycles. The SMILES string of the molecule is CC1(C)CN(CC(=O)Nc2c(C#N)cnn2-c2ccccc2)CCO1. The number of anilines is 1. The van der Waals surface area contributed by atoms with Gasteiger partial charge >= 0.3 is 0 Å². The summed E-state index contributed by atoms with van der Waals surface area (Å²) in [7, 11) is 0. The first-order valence-electron chi connectivity index (χ1n) is 8.18. The van der Waals surface area contributed by atoms with Gasteiger partial charge in [0, 0.05) is 13.1 Å². The second-order valence-corrected chi connectivity index (χ2v) is 6.63. The van der Waals surface area contributed by atoms with Gasteiger partial charge in [-0.05, 0) is 26.0 Å². The predicted octanol–water partition coefficient (Wildman–Crippen LogP) is 1.79. The first kappa shape index (κ1) is 17.1. The van der Waals surface area contributed by atoms with Gasteiger partial charge in [-0.25, -0.2) is 4.68 Å². The molecule has 0 radical (unpaired) electrons. The molecule has 1 amide bonds. The van der Waals surface area contributed by atoms with Crippen LogP contribution in [0.1, 0.15) is 19.4 Å². The summed E-state index contributed by atoms with van der Waals surface area (Å²) in [6, 6.07) is 11.5. The maximum absolute atomic E-state index is 12.5. The Morgan fingerprint density at radius 2 is 2.16 bits per heavy atom. The van der Waals surface area contributed by atoms with Crippen LogP contribution < -0.4 is 5.32 Å². The summed E-state index contributed by atoms with van der Waals surface area (Å²) >= 11 is 0. The van der Waals surface area contributed by atoms with E-state index < -0.39 is 0 Å². The van der Waals surface area contributed by atoms with Crippen LogP contribution in [0.5, 0.6) is 0 Å². The van der Waals surface area contributed by atoms with Crippen molar-refractivity contribution in [1.29, 1.82) is 5.26 Å². The monoisotopic (exact) mass is 339 g/mol. The molecule has 1 fully saturated rings. The lowest BCUT2D eigenvalue weighted by atomic mass is 10.1. The summed E-state index contributed by atoms with van der Waals surface area (Å²) in [5.41, 5.74) is 0.855. The largest absolute Gasteiger partial charge is 0.373 e. The zero-order chi connectivity index (χ0) is 17.9. The molecule has 0 unspecified atom stereocenters. The smallest absolute Gasteiger partial charge is 0.239 e. The van der Waals surface area contributed by atoms with Crippen LogP contribution in [-0.4, -0.2) is 52.4 Å². The van der Waals surface area contributed by atoms with Crippen LogP contribution in [0.4, 0.5) is 5.82 Å². The van der Waals surface area contributed by atoms with Crippen molar-refractivity contribution in [2.45, 2.75) is 19.4 Å². The van der Waals surface area contributed by atoms with Gasteiger partial charge in [0.25, 0.3) is 0 Å². The second kappa shape index (κ2) is 7.05. The van der Waals surface area contributed by atoms with Crippen molar-refractivity contribution in [3.8, 4) is 11.8 Å². The molecule has 1 aromatic heterocycles. The van der Waals surface area contributed by atoms with Crippen molar-refractivity contribution in [3.05, 3.63) is 42.1 Å². The molecule has 7 heteroatoms. The standard InChI is InChI=1S/C18H21N5O2/c1-18(2)13-22(8-9-25-18)12-16(24)21-17-14(10-19)11-20-23(17)15-6-4-3-5-7-15/h3-7,11H,8-9,12-13H2,1-2H3,(H,21,24). The summed E-state index contributed by atoms with van der Waals surface area (Å²) in [5, 5.41) is 16.4. The lowest BCUT2D eigenvalue weighted by molar-refractivity contribution is -0.122. The highest BCUT2D eigenvalue weighted by atomic mass is 16.5. The number of nitrogens with one attached hydrogen (secondary N) is 1. The average Bonchev–Trinajstić information content (AvgIpc) is 2.97. The Morgan fingerprint density at radius 3 is 2.84 bits per heavy atom. The van der Waals surface area contributed by atoms with Crippen LogP contribution in [0.15, 0.2) is 36.5 Å². The number of carbonyl (C=O) groups is 1. The van der Waals surface area contributed by atoms with Crippen LogP contribution in [-0.2, 0) is 9.53 Å². The fraction of sp³-hybridized carbons (Fsp3) is 0.389. The molecule has 1 saturated heterocycles. The zero-order valence-corrected chi connectivity index (χ0v) is 14.4. The summed E-state index contributed by atoms with van der Waals surface area (Å²) in [6.07, 6.45) is 1.46. The van der Waals surface area contributed by atoms with Crippen molar-refractivity contribution < 1.29 is 9.53 Å². The lowest BCUT2D eigenvalue weighted by Gasteiger charge is -2.37. The van der Waals surface area contributed by atoms with E-state index in [2.05, 4.69) is 16.5 Å². The van der Waals surface area contributed by atoms with Crippen molar-refractivity contribution in [1.82, 2.24) is 14.7 Å². The Morgan fingerprint density at radius 1 is 1.40 bits per heavy atom. The second-order valence-electron chi connectivity index (χ2n) is 6.63. The van der Waals surface area contributed by atoms with E-state index in [1.807, 2.05) is 49.1 Å². The van der Waals surface area contributed by atoms with Gasteiger partial charge in [0.15, 0.2) is 5.82 Å². The fourth-order valence-electron chi connectivity index (χ4n) is 2.94. The van der Waals surface area contributed by atoms with Crippen molar-refractivity contribution in [2.24, 2.45) is 0 Å². The van der Waals surface area contributed by atoms with Crippen molar-refractivity contribution in [3.63, 3.8) is 0 Å². The number of para-hydroxylation sites is 1. The summed E-state index contributed by atoms with van der Waals surface area (Å²) in [6.45, 7) is 6.26.